The summed E-state index contributed by atoms with van der Waals surface area (Å²) in [6.45, 7) is 11.5. The standard InChI is InChI=1S/C17H35N3/c1-5-16-12-20(11-10-19(16)4)17(13-18)8-6-15(7-9-17)14(2)3/h14-16H,5-13,18H2,1-4H3. The summed E-state index contributed by atoms with van der Waals surface area (Å²) in [5.41, 5.74) is 6.56. The molecule has 2 rings (SSSR count). The SMILES string of the molecule is CCC1CN(C2(CN)CCC(C(C)C)CC2)CCN1C. The quantitative estimate of drug-likeness (QED) is 0.859. The van der Waals surface area contributed by atoms with Gasteiger partial charge in [-0.1, -0.05) is 20.8 Å². The molecule has 1 saturated heterocycles. The summed E-state index contributed by atoms with van der Waals surface area (Å²) in [6, 6.07) is 0.718. The van der Waals surface area contributed by atoms with Crippen LogP contribution in [0.5, 0.6) is 0 Å². The van der Waals surface area contributed by atoms with Gasteiger partial charge in [-0.25, -0.2) is 0 Å². The number of piperazine rings is 1. The Kier molecular flexibility index (Phi) is 5.49. The molecular weight excluding hydrogens is 246 g/mol. The molecule has 0 bridgehead atoms. The van der Waals surface area contributed by atoms with Crippen LogP contribution in [0.15, 0.2) is 0 Å². The molecule has 0 radical (unpaired) electrons. The van der Waals surface area contributed by atoms with Gasteiger partial charge < -0.3 is 10.6 Å². The average Bonchev–Trinajstić information content (AvgIpc) is 2.47. The normalized spacial score (nSPS) is 37.5. The summed E-state index contributed by atoms with van der Waals surface area (Å²) in [5, 5.41) is 0. The van der Waals surface area contributed by atoms with Gasteiger partial charge in [0, 0.05) is 37.8 Å². The lowest BCUT2D eigenvalue weighted by Gasteiger charge is -2.52. The van der Waals surface area contributed by atoms with Gasteiger partial charge in [-0.15, -0.1) is 0 Å². The number of hydrogen-bond acceptors (Lipinski definition) is 3. The lowest BCUT2D eigenvalue weighted by Crippen LogP contribution is -2.63. The van der Waals surface area contributed by atoms with Crippen molar-refractivity contribution in [3.05, 3.63) is 0 Å². The fourth-order valence-electron chi connectivity index (χ4n) is 4.31. The molecule has 2 N–H and O–H groups in total. The van der Waals surface area contributed by atoms with E-state index in [0.717, 1.165) is 24.4 Å². The number of likely N-dealkylation sites (N-methyl/N-ethyl adjacent to an activating group) is 1. The highest BCUT2D eigenvalue weighted by Crippen LogP contribution is 2.39. The second-order valence-electron chi connectivity index (χ2n) is 7.50. The Morgan fingerprint density at radius 3 is 2.35 bits per heavy atom. The first-order valence-electron chi connectivity index (χ1n) is 8.67. The van der Waals surface area contributed by atoms with Crippen LogP contribution in [0.1, 0.15) is 52.9 Å². The highest BCUT2D eigenvalue weighted by molar-refractivity contribution is 4.99. The Balaban J connectivity index is 2.01. The molecule has 3 nitrogen and oxygen atoms in total. The first-order chi connectivity index (χ1) is 9.52. The largest absolute Gasteiger partial charge is 0.329 e. The maximum absolute atomic E-state index is 6.26. The van der Waals surface area contributed by atoms with Crippen molar-refractivity contribution in [3.8, 4) is 0 Å². The predicted molar refractivity (Wildman–Crippen MR) is 86.9 cm³/mol. The minimum Gasteiger partial charge on any atom is -0.329 e. The molecule has 0 aromatic heterocycles. The molecule has 0 spiro atoms. The van der Waals surface area contributed by atoms with E-state index in [9.17, 15) is 0 Å². The van der Waals surface area contributed by atoms with Gasteiger partial charge in [0.05, 0.1) is 0 Å². The molecule has 1 heterocycles. The van der Waals surface area contributed by atoms with E-state index in [1.54, 1.807) is 0 Å². The van der Waals surface area contributed by atoms with Gasteiger partial charge in [0.2, 0.25) is 0 Å². The van der Waals surface area contributed by atoms with Crippen molar-refractivity contribution in [2.24, 2.45) is 17.6 Å². The van der Waals surface area contributed by atoms with E-state index >= 15 is 0 Å². The van der Waals surface area contributed by atoms with E-state index in [2.05, 4.69) is 37.6 Å². The van der Waals surface area contributed by atoms with E-state index in [-0.39, 0.29) is 0 Å². The van der Waals surface area contributed by atoms with Crippen LogP contribution >= 0.6 is 0 Å². The number of hydrogen-bond donors (Lipinski definition) is 1. The maximum atomic E-state index is 6.26. The van der Waals surface area contributed by atoms with E-state index in [1.807, 2.05) is 0 Å². The van der Waals surface area contributed by atoms with Gasteiger partial charge in [0.25, 0.3) is 0 Å². The van der Waals surface area contributed by atoms with Gasteiger partial charge >= 0.3 is 0 Å². The third kappa shape index (κ3) is 3.20. The van der Waals surface area contributed by atoms with Crippen molar-refractivity contribution in [2.45, 2.75) is 64.5 Å². The summed E-state index contributed by atoms with van der Waals surface area (Å²) in [7, 11) is 2.27. The first kappa shape index (κ1) is 16.3. The van der Waals surface area contributed by atoms with Crippen molar-refractivity contribution in [1.82, 2.24) is 9.80 Å². The van der Waals surface area contributed by atoms with E-state index in [1.165, 1.54) is 51.7 Å². The molecule has 1 atom stereocenters. The Morgan fingerprint density at radius 1 is 1.20 bits per heavy atom. The summed E-state index contributed by atoms with van der Waals surface area (Å²) in [4.78, 5) is 5.28. The highest BCUT2D eigenvalue weighted by atomic mass is 15.3. The minimum atomic E-state index is 0.306. The summed E-state index contributed by atoms with van der Waals surface area (Å²) in [5.74, 6) is 1.76. The zero-order valence-electron chi connectivity index (χ0n) is 14.1. The Bertz CT molecular complexity index is 295. The van der Waals surface area contributed by atoms with Crippen LogP contribution in [-0.2, 0) is 0 Å². The molecule has 0 aromatic carbocycles. The number of rotatable bonds is 4. The average molecular weight is 281 g/mol. The van der Waals surface area contributed by atoms with Crippen molar-refractivity contribution in [2.75, 3.05) is 33.2 Å². The van der Waals surface area contributed by atoms with Crippen LogP contribution in [-0.4, -0.2) is 54.6 Å². The Morgan fingerprint density at radius 2 is 1.85 bits per heavy atom. The number of nitrogens with zero attached hydrogens (tertiary/aromatic N) is 2. The third-order valence-electron chi connectivity index (χ3n) is 6.20. The minimum absolute atomic E-state index is 0.306. The van der Waals surface area contributed by atoms with Gasteiger partial charge in [0.1, 0.15) is 0 Å². The van der Waals surface area contributed by atoms with Gasteiger partial charge in [-0.05, 0) is 51.0 Å². The molecule has 1 aliphatic carbocycles. The molecule has 1 saturated carbocycles. The van der Waals surface area contributed by atoms with Crippen molar-refractivity contribution in [3.63, 3.8) is 0 Å². The third-order valence-corrected chi connectivity index (χ3v) is 6.20. The lowest BCUT2D eigenvalue weighted by molar-refractivity contribution is -0.0184. The van der Waals surface area contributed by atoms with Crippen LogP contribution in [0, 0.1) is 11.8 Å². The van der Waals surface area contributed by atoms with Crippen molar-refractivity contribution in [1.29, 1.82) is 0 Å². The van der Waals surface area contributed by atoms with Crippen LogP contribution in [0.25, 0.3) is 0 Å². The summed E-state index contributed by atoms with van der Waals surface area (Å²) in [6.07, 6.45) is 6.62. The van der Waals surface area contributed by atoms with Crippen LogP contribution < -0.4 is 5.73 Å². The lowest BCUT2D eigenvalue weighted by atomic mass is 9.71. The van der Waals surface area contributed by atoms with Crippen LogP contribution in [0.4, 0.5) is 0 Å². The van der Waals surface area contributed by atoms with Gasteiger partial charge in [0.15, 0.2) is 0 Å². The second kappa shape index (κ2) is 6.76. The Labute approximate surface area is 125 Å². The van der Waals surface area contributed by atoms with E-state index in [4.69, 9.17) is 5.73 Å². The number of nitrogens with two attached hydrogens (primary N) is 1. The van der Waals surface area contributed by atoms with Crippen LogP contribution in [0.2, 0.25) is 0 Å². The summed E-state index contributed by atoms with van der Waals surface area (Å²) < 4.78 is 0. The molecular formula is C17H35N3. The molecule has 0 aromatic rings. The first-order valence-corrected chi connectivity index (χ1v) is 8.67. The topological polar surface area (TPSA) is 32.5 Å². The maximum Gasteiger partial charge on any atom is 0.0333 e. The zero-order valence-corrected chi connectivity index (χ0v) is 14.1. The van der Waals surface area contributed by atoms with E-state index < -0.39 is 0 Å². The highest BCUT2D eigenvalue weighted by Gasteiger charge is 2.41. The van der Waals surface area contributed by atoms with Crippen molar-refractivity contribution < 1.29 is 0 Å². The second-order valence-corrected chi connectivity index (χ2v) is 7.50. The molecule has 20 heavy (non-hydrogen) atoms. The van der Waals surface area contributed by atoms with Gasteiger partial charge in [-0.3, -0.25) is 4.90 Å². The molecule has 2 fully saturated rings. The molecule has 118 valence electrons. The zero-order chi connectivity index (χ0) is 14.8. The summed E-state index contributed by atoms with van der Waals surface area (Å²) >= 11 is 0. The van der Waals surface area contributed by atoms with Gasteiger partial charge in [-0.2, -0.15) is 0 Å². The fourth-order valence-corrected chi connectivity index (χ4v) is 4.31. The monoisotopic (exact) mass is 281 g/mol. The molecule has 0 amide bonds. The Hall–Kier alpha value is -0.120. The van der Waals surface area contributed by atoms with Crippen LogP contribution in [0.3, 0.4) is 0 Å². The fraction of sp³-hybridized carbons (Fsp3) is 1.00. The molecule has 2 aliphatic rings. The molecule has 1 aliphatic heterocycles. The molecule has 3 heteroatoms. The smallest absolute Gasteiger partial charge is 0.0333 e. The van der Waals surface area contributed by atoms with E-state index in [0.29, 0.717) is 5.54 Å². The predicted octanol–water partition coefficient (Wildman–Crippen LogP) is 2.56. The molecule has 1 unspecified atom stereocenters. The van der Waals surface area contributed by atoms with Crippen molar-refractivity contribution >= 4 is 0 Å².